The fourth-order valence-corrected chi connectivity index (χ4v) is 2.52. The first kappa shape index (κ1) is 12.5. The summed E-state index contributed by atoms with van der Waals surface area (Å²) in [5.74, 6) is -3.01. The Bertz CT molecular complexity index is 621. The van der Waals surface area contributed by atoms with Crippen molar-refractivity contribution in [1.29, 1.82) is 0 Å². The molecule has 104 valence electrons. The van der Waals surface area contributed by atoms with E-state index in [1.165, 1.54) is 6.07 Å². The van der Waals surface area contributed by atoms with E-state index in [0.29, 0.717) is 4.57 Å². The minimum atomic E-state index is -2.93. The monoisotopic (exact) mass is 275 g/mol. The molecule has 9 heteroatoms. The second kappa shape index (κ2) is 3.11. The van der Waals surface area contributed by atoms with Crippen molar-refractivity contribution in [1.82, 2.24) is 9.55 Å². The first-order chi connectivity index (χ1) is 8.66. The minimum Gasteiger partial charge on any atom is -0.384 e. The van der Waals surface area contributed by atoms with Crippen LogP contribution in [-0.4, -0.2) is 43.0 Å². The third kappa shape index (κ3) is 1.15. The van der Waals surface area contributed by atoms with Crippen LogP contribution in [-0.2, 0) is 4.74 Å². The Hall–Kier alpha value is -1.58. The zero-order valence-corrected chi connectivity index (χ0v) is 9.75. The predicted molar refractivity (Wildman–Crippen MR) is 57.3 cm³/mol. The van der Waals surface area contributed by atoms with Crippen molar-refractivity contribution < 1.29 is 23.7 Å². The predicted octanol–water partition coefficient (Wildman–Crippen LogP) is -1.15. The molecule has 7 nitrogen and oxygen atoms in total. The number of hydrogen-bond acceptors (Lipinski definition) is 6. The van der Waals surface area contributed by atoms with E-state index in [1.807, 2.05) is 0 Å². The van der Waals surface area contributed by atoms with E-state index in [-0.39, 0.29) is 5.82 Å². The minimum absolute atomic E-state index is 0.0846. The molecule has 2 fully saturated rings. The largest absolute Gasteiger partial charge is 0.384 e. The zero-order chi connectivity index (χ0) is 14.2. The van der Waals surface area contributed by atoms with Gasteiger partial charge in [-0.05, 0) is 13.0 Å². The van der Waals surface area contributed by atoms with Crippen LogP contribution in [0, 0.1) is 0 Å². The summed E-state index contributed by atoms with van der Waals surface area (Å²) in [6.07, 6.45) is -2.66. The highest BCUT2D eigenvalue weighted by Gasteiger charge is 2.94. The number of aliphatic hydroxyl groups is 2. The second-order valence-corrected chi connectivity index (χ2v) is 4.90. The lowest BCUT2D eigenvalue weighted by atomic mass is 9.97. The average molecular weight is 275 g/mol. The van der Waals surface area contributed by atoms with Gasteiger partial charge in [0.05, 0.1) is 0 Å². The van der Waals surface area contributed by atoms with Crippen molar-refractivity contribution >= 4 is 5.82 Å². The standard InChI is InChI=1S/C10H11F2N3O4/c1-8(11)6(15-3-2-4(13)14-7(15)17)19-10(12)5(16)9(8,10)18/h2-3,5-6,16,18H,1H3,(H2,13,14,17)/t5?,6-,8+,9?,10-/m1/s1. The van der Waals surface area contributed by atoms with Crippen LogP contribution in [0.5, 0.6) is 0 Å². The fourth-order valence-electron chi connectivity index (χ4n) is 2.52. The normalized spacial score (nSPS) is 48.1. The summed E-state index contributed by atoms with van der Waals surface area (Å²) in [7, 11) is 0. The van der Waals surface area contributed by atoms with Gasteiger partial charge in [0, 0.05) is 6.20 Å². The van der Waals surface area contributed by atoms with Gasteiger partial charge in [-0.3, -0.25) is 4.57 Å². The van der Waals surface area contributed by atoms with Gasteiger partial charge >= 0.3 is 5.69 Å². The van der Waals surface area contributed by atoms with Gasteiger partial charge in [0.1, 0.15) is 5.82 Å². The van der Waals surface area contributed by atoms with Crippen LogP contribution >= 0.6 is 0 Å². The number of rotatable bonds is 1. The summed E-state index contributed by atoms with van der Waals surface area (Å²) >= 11 is 0. The van der Waals surface area contributed by atoms with Gasteiger partial charge < -0.3 is 20.7 Å². The van der Waals surface area contributed by atoms with Crippen LogP contribution in [0.2, 0.25) is 0 Å². The smallest absolute Gasteiger partial charge is 0.351 e. The Labute approximate surface area is 105 Å². The van der Waals surface area contributed by atoms with Gasteiger partial charge in [-0.2, -0.15) is 4.98 Å². The van der Waals surface area contributed by atoms with E-state index in [4.69, 9.17) is 10.5 Å². The SMILES string of the molecule is C[C@]1(F)[C@H](n2ccc(N)nc2=O)O[C@]2(F)C(O)C12O. The number of hydrogen-bond donors (Lipinski definition) is 3. The number of nitrogen functional groups attached to an aromatic ring is 1. The zero-order valence-electron chi connectivity index (χ0n) is 9.75. The summed E-state index contributed by atoms with van der Waals surface area (Å²) in [5.41, 5.74) is -1.07. The second-order valence-electron chi connectivity index (χ2n) is 4.90. The van der Waals surface area contributed by atoms with Crippen molar-refractivity contribution in [2.45, 2.75) is 36.4 Å². The lowest BCUT2D eigenvalue weighted by molar-refractivity contribution is -0.162. The highest BCUT2D eigenvalue weighted by Crippen LogP contribution is 2.68. The molecule has 2 aliphatic rings. The molecule has 1 aliphatic carbocycles. The highest BCUT2D eigenvalue weighted by atomic mass is 19.2. The Morgan fingerprint density at radius 2 is 2.21 bits per heavy atom. The number of ether oxygens (including phenoxy) is 1. The Kier molecular flexibility index (Phi) is 2.04. The Balaban J connectivity index is 2.08. The number of nitrogens with two attached hydrogens (primary N) is 1. The first-order valence-corrected chi connectivity index (χ1v) is 5.47. The molecular weight excluding hydrogens is 264 g/mol. The number of nitrogens with zero attached hydrogens (tertiary/aromatic N) is 2. The summed E-state index contributed by atoms with van der Waals surface area (Å²) < 4.78 is 33.9. The molecule has 19 heavy (non-hydrogen) atoms. The van der Waals surface area contributed by atoms with Gasteiger partial charge in [0.15, 0.2) is 23.6 Å². The molecule has 4 N–H and O–H groups in total. The Morgan fingerprint density at radius 3 is 2.68 bits per heavy atom. The van der Waals surface area contributed by atoms with Gasteiger partial charge in [-0.15, -0.1) is 0 Å². The van der Waals surface area contributed by atoms with Crippen LogP contribution < -0.4 is 11.4 Å². The van der Waals surface area contributed by atoms with E-state index in [2.05, 4.69) is 4.98 Å². The van der Waals surface area contributed by atoms with Crippen LogP contribution in [0.25, 0.3) is 0 Å². The van der Waals surface area contributed by atoms with E-state index in [0.717, 1.165) is 13.1 Å². The molecule has 3 rings (SSSR count). The molecule has 1 aliphatic heterocycles. The van der Waals surface area contributed by atoms with E-state index >= 15 is 0 Å². The number of aliphatic hydroxyl groups excluding tert-OH is 1. The summed E-state index contributed by atoms with van der Waals surface area (Å²) in [5, 5.41) is 19.1. The topological polar surface area (TPSA) is 111 Å². The molecule has 0 aromatic carbocycles. The van der Waals surface area contributed by atoms with Crippen LogP contribution in [0.1, 0.15) is 13.2 Å². The van der Waals surface area contributed by atoms with Crippen molar-refractivity contribution in [3.05, 3.63) is 22.7 Å². The highest BCUT2D eigenvalue weighted by molar-refractivity contribution is 5.35. The number of halogens is 2. The van der Waals surface area contributed by atoms with Crippen LogP contribution in [0.15, 0.2) is 17.1 Å². The van der Waals surface area contributed by atoms with Gasteiger partial charge in [0.2, 0.25) is 0 Å². The number of aromatic nitrogens is 2. The van der Waals surface area contributed by atoms with Gasteiger partial charge in [0.25, 0.3) is 5.85 Å². The lowest BCUT2D eigenvalue weighted by Gasteiger charge is -2.28. The fraction of sp³-hybridized carbons (Fsp3) is 0.600. The molecule has 1 saturated carbocycles. The molecular formula is C10H11F2N3O4. The maximum atomic E-state index is 14.6. The maximum Gasteiger partial charge on any atom is 0.351 e. The van der Waals surface area contributed by atoms with Crippen LogP contribution in [0.4, 0.5) is 14.6 Å². The Morgan fingerprint density at radius 1 is 1.58 bits per heavy atom. The van der Waals surface area contributed by atoms with E-state index in [1.54, 1.807) is 0 Å². The van der Waals surface area contributed by atoms with Gasteiger partial charge in [-0.1, -0.05) is 0 Å². The van der Waals surface area contributed by atoms with Crippen molar-refractivity contribution in [3.8, 4) is 0 Å². The lowest BCUT2D eigenvalue weighted by Crippen LogP contribution is -2.47. The number of anilines is 1. The molecule has 0 radical (unpaired) electrons. The van der Waals surface area contributed by atoms with Crippen molar-refractivity contribution in [3.63, 3.8) is 0 Å². The van der Waals surface area contributed by atoms with Crippen molar-refractivity contribution in [2.75, 3.05) is 5.73 Å². The molecule has 0 amide bonds. The molecule has 1 aromatic rings. The van der Waals surface area contributed by atoms with E-state index in [9.17, 15) is 23.8 Å². The average Bonchev–Trinajstić information content (AvgIpc) is 2.67. The third-order valence-electron chi connectivity index (χ3n) is 3.78. The summed E-state index contributed by atoms with van der Waals surface area (Å²) in [6.45, 7) is 0.845. The molecule has 2 heterocycles. The number of alkyl halides is 2. The summed E-state index contributed by atoms with van der Waals surface area (Å²) in [4.78, 5) is 14.9. The molecule has 5 atom stereocenters. The molecule has 0 bridgehead atoms. The molecule has 2 unspecified atom stereocenters. The summed E-state index contributed by atoms with van der Waals surface area (Å²) in [6, 6.07) is 1.20. The first-order valence-electron chi connectivity index (χ1n) is 5.47. The third-order valence-corrected chi connectivity index (χ3v) is 3.78. The van der Waals surface area contributed by atoms with Crippen LogP contribution in [0.3, 0.4) is 0 Å². The quantitative estimate of drug-likeness (QED) is 0.597. The number of fused-ring (bicyclic) bond motifs is 1. The van der Waals surface area contributed by atoms with Gasteiger partial charge in [-0.25, -0.2) is 13.6 Å². The van der Waals surface area contributed by atoms with Crippen molar-refractivity contribution in [2.24, 2.45) is 0 Å². The van der Waals surface area contributed by atoms with E-state index < -0.39 is 35.1 Å². The maximum absolute atomic E-state index is 14.6. The molecule has 0 spiro atoms. The molecule has 1 saturated heterocycles. The molecule has 1 aromatic heterocycles.